The van der Waals surface area contributed by atoms with Gasteiger partial charge in [0, 0.05) is 14.2 Å². The second kappa shape index (κ2) is 7.31. The normalized spacial score (nSPS) is 12.8. The summed E-state index contributed by atoms with van der Waals surface area (Å²) in [4.78, 5) is 0. The van der Waals surface area contributed by atoms with Gasteiger partial charge in [0.05, 0.1) is 13.2 Å². The van der Waals surface area contributed by atoms with Crippen LogP contribution in [0.25, 0.3) is 0 Å². The van der Waals surface area contributed by atoms with Crippen molar-refractivity contribution in [1.29, 1.82) is 0 Å². The monoisotopic (exact) mass is 257 g/mol. The van der Waals surface area contributed by atoms with Crippen LogP contribution in [-0.2, 0) is 9.47 Å². The third kappa shape index (κ3) is 3.41. The minimum atomic E-state index is -0.474. The molecule has 0 saturated heterocycles. The van der Waals surface area contributed by atoms with Gasteiger partial charge in [-0.3, -0.25) is 0 Å². The molecular formula is C13H20FNO3. The van der Waals surface area contributed by atoms with Gasteiger partial charge in [-0.25, -0.2) is 4.39 Å². The Morgan fingerprint density at radius 2 is 1.89 bits per heavy atom. The SMILES string of the molecule is CCNC(c1ccc(OC)c(F)c1)C(OC)OC. The van der Waals surface area contributed by atoms with Crippen molar-refractivity contribution >= 4 is 0 Å². The van der Waals surface area contributed by atoms with Crippen molar-refractivity contribution in [3.63, 3.8) is 0 Å². The highest BCUT2D eigenvalue weighted by Crippen LogP contribution is 2.25. The van der Waals surface area contributed by atoms with Crippen LogP contribution >= 0.6 is 0 Å². The Balaban J connectivity index is 3.01. The van der Waals surface area contributed by atoms with Crippen molar-refractivity contribution in [2.75, 3.05) is 27.9 Å². The number of hydrogen-bond acceptors (Lipinski definition) is 4. The van der Waals surface area contributed by atoms with Crippen LogP contribution in [0.2, 0.25) is 0 Å². The Bertz CT molecular complexity index is 369. The van der Waals surface area contributed by atoms with E-state index in [0.717, 1.165) is 12.1 Å². The number of nitrogens with one attached hydrogen (secondary N) is 1. The van der Waals surface area contributed by atoms with Crippen LogP contribution in [0.4, 0.5) is 4.39 Å². The molecule has 1 rings (SSSR count). The van der Waals surface area contributed by atoms with Gasteiger partial charge in [0.15, 0.2) is 17.9 Å². The number of halogens is 1. The standard InChI is InChI=1S/C13H20FNO3/c1-5-15-12(13(17-3)18-4)9-6-7-11(16-2)10(14)8-9/h6-8,12-13,15H,5H2,1-4H3. The van der Waals surface area contributed by atoms with Crippen LogP contribution in [0.5, 0.6) is 5.75 Å². The molecule has 1 unspecified atom stereocenters. The molecule has 0 heterocycles. The lowest BCUT2D eigenvalue weighted by atomic mass is 10.1. The molecule has 5 heteroatoms. The van der Waals surface area contributed by atoms with E-state index in [-0.39, 0.29) is 11.8 Å². The fourth-order valence-corrected chi connectivity index (χ4v) is 1.84. The Kier molecular flexibility index (Phi) is 6.04. The summed E-state index contributed by atoms with van der Waals surface area (Å²) in [5, 5.41) is 3.21. The molecule has 102 valence electrons. The lowest BCUT2D eigenvalue weighted by Gasteiger charge is -2.26. The van der Waals surface area contributed by atoms with Gasteiger partial charge in [0.2, 0.25) is 0 Å². The summed E-state index contributed by atoms with van der Waals surface area (Å²) in [6.07, 6.45) is -0.474. The molecule has 0 aliphatic carbocycles. The van der Waals surface area contributed by atoms with E-state index in [4.69, 9.17) is 14.2 Å². The zero-order valence-corrected chi connectivity index (χ0v) is 11.2. The summed E-state index contributed by atoms with van der Waals surface area (Å²) in [6, 6.07) is 4.58. The van der Waals surface area contributed by atoms with E-state index in [2.05, 4.69) is 5.32 Å². The second-order valence-electron chi connectivity index (χ2n) is 3.77. The highest BCUT2D eigenvalue weighted by atomic mass is 19.1. The summed E-state index contributed by atoms with van der Waals surface area (Å²) < 4.78 is 29.0. The minimum absolute atomic E-state index is 0.223. The Morgan fingerprint density at radius 1 is 1.22 bits per heavy atom. The molecule has 0 radical (unpaired) electrons. The van der Waals surface area contributed by atoms with Crippen LogP contribution in [0.1, 0.15) is 18.5 Å². The van der Waals surface area contributed by atoms with Crippen molar-refractivity contribution in [2.24, 2.45) is 0 Å². The van der Waals surface area contributed by atoms with E-state index in [1.165, 1.54) is 13.2 Å². The van der Waals surface area contributed by atoms with Crippen LogP contribution < -0.4 is 10.1 Å². The molecule has 18 heavy (non-hydrogen) atoms. The topological polar surface area (TPSA) is 39.7 Å². The van der Waals surface area contributed by atoms with Crippen molar-refractivity contribution in [2.45, 2.75) is 19.3 Å². The average molecular weight is 257 g/mol. The quantitative estimate of drug-likeness (QED) is 0.759. The number of likely N-dealkylation sites (N-methyl/N-ethyl adjacent to an activating group) is 1. The third-order valence-corrected chi connectivity index (χ3v) is 2.70. The highest BCUT2D eigenvalue weighted by Gasteiger charge is 2.22. The first-order chi connectivity index (χ1) is 8.67. The third-order valence-electron chi connectivity index (χ3n) is 2.70. The molecule has 0 aliphatic rings. The predicted octanol–water partition coefficient (Wildman–Crippen LogP) is 2.10. The van der Waals surface area contributed by atoms with Gasteiger partial charge < -0.3 is 19.5 Å². The number of benzene rings is 1. The van der Waals surface area contributed by atoms with Gasteiger partial charge in [0.1, 0.15) is 0 Å². The van der Waals surface area contributed by atoms with Crippen LogP contribution in [-0.4, -0.2) is 34.2 Å². The van der Waals surface area contributed by atoms with Crippen LogP contribution in [0.15, 0.2) is 18.2 Å². The zero-order chi connectivity index (χ0) is 13.5. The predicted molar refractivity (Wildman–Crippen MR) is 67.2 cm³/mol. The maximum absolute atomic E-state index is 13.7. The van der Waals surface area contributed by atoms with Crippen molar-refractivity contribution in [3.05, 3.63) is 29.6 Å². The first-order valence-electron chi connectivity index (χ1n) is 5.80. The van der Waals surface area contributed by atoms with Crippen molar-refractivity contribution in [1.82, 2.24) is 5.32 Å². The maximum atomic E-state index is 13.7. The molecule has 1 N–H and O–H groups in total. The summed E-state index contributed by atoms with van der Waals surface area (Å²) in [6.45, 7) is 2.69. The molecule has 0 fully saturated rings. The molecule has 0 aliphatic heterocycles. The molecular weight excluding hydrogens is 237 g/mol. The van der Waals surface area contributed by atoms with Gasteiger partial charge in [-0.05, 0) is 24.2 Å². The minimum Gasteiger partial charge on any atom is -0.494 e. The Morgan fingerprint density at radius 3 is 2.33 bits per heavy atom. The molecule has 0 saturated carbocycles. The van der Waals surface area contributed by atoms with E-state index in [1.54, 1.807) is 26.4 Å². The molecule has 1 aromatic carbocycles. The summed E-state index contributed by atoms with van der Waals surface area (Å²) in [7, 11) is 4.55. The van der Waals surface area contributed by atoms with Gasteiger partial charge >= 0.3 is 0 Å². The summed E-state index contributed by atoms with van der Waals surface area (Å²) in [5.41, 5.74) is 0.754. The van der Waals surface area contributed by atoms with Gasteiger partial charge in [0.25, 0.3) is 0 Å². The Hall–Kier alpha value is -1.17. The molecule has 0 spiro atoms. The van der Waals surface area contributed by atoms with Gasteiger partial charge in [-0.15, -0.1) is 0 Å². The molecule has 0 aromatic heterocycles. The van der Waals surface area contributed by atoms with Crippen LogP contribution in [0.3, 0.4) is 0 Å². The summed E-state index contributed by atoms with van der Waals surface area (Å²) >= 11 is 0. The lowest BCUT2D eigenvalue weighted by Crippen LogP contribution is -2.34. The van der Waals surface area contributed by atoms with E-state index in [1.807, 2.05) is 6.92 Å². The zero-order valence-electron chi connectivity index (χ0n) is 11.2. The van der Waals surface area contributed by atoms with Crippen molar-refractivity contribution < 1.29 is 18.6 Å². The van der Waals surface area contributed by atoms with Crippen LogP contribution in [0, 0.1) is 5.82 Å². The highest BCUT2D eigenvalue weighted by molar-refractivity contribution is 5.31. The van der Waals surface area contributed by atoms with E-state index in [9.17, 15) is 4.39 Å². The lowest BCUT2D eigenvalue weighted by molar-refractivity contribution is -0.124. The Labute approximate surface area is 107 Å². The molecule has 1 aromatic rings. The molecule has 4 nitrogen and oxygen atoms in total. The van der Waals surface area contributed by atoms with Gasteiger partial charge in [-0.2, -0.15) is 0 Å². The smallest absolute Gasteiger partial charge is 0.176 e. The van der Waals surface area contributed by atoms with E-state index >= 15 is 0 Å². The fraction of sp³-hybridized carbons (Fsp3) is 0.538. The first-order valence-corrected chi connectivity index (χ1v) is 5.80. The number of rotatable bonds is 7. The number of methoxy groups -OCH3 is 3. The van der Waals surface area contributed by atoms with E-state index in [0.29, 0.717) is 0 Å². The summed E-state index contributed by atoms with van der Waals surface area (Å²) in [5.74, 6) is -0.177. The van der Waals surface area contributed by atoms with Gasteiger partial charge in [-0.1, -0.05) is 13.0 Å². The number of hydrogen-bond donors (Lipinski definition) is 1. The molecule has 1 atom stereocenters. The first kappa shape index (κ1) is 14.9. The fourth-order valence-electron chi connectivity index (χ4n) is 1.84. The number of ether oxygens (including phenoxy) is 3. The maximum Gasteiger partial charge on any atom is 0.176 e. The van der Waals surface area contributed by atoms with Crippen molar-refractivity contribution in [3.8, 4) is 5.75 Å². The average Bonchev–Trinajstić information content (AvgIpc) is 2.39. The molecule has 0 bridgehead atoms. The molecule has 0 amide bonds. The largest absolute Gasteiger partial charge is 0.494 e. The second-order valence-corrected chi connectivity index (χ2v) is 3.77. The van der Waals surface area contributed by atoms with E-state index < -0.39 is 12.1 Å².